The van der Waals surface area contributed by atoms with Crippen molar-refractivity contribution in [3.05, 3.63) is 70.2 Å². The molecule has 1 unspecified atom stereocenters. The van der Waals surface area contributed by atoms with Gasteiger partial charge in [0.25, 0.3) is 0 Å². The minimum atomic E-state index is 0. The fourth-order valence-corrected chi connectivity index (χ4v) is 4.60. The lowest BCUT2D eigenvalue weighted by Gasteiger charge is -2.42. The summed E-state index contributed by atoms with van der Waals surface area (Å²) in [6.45, 7) is 7.81. The Bertz CT molecular complexity index is 730. The maximum Gasteiger partial charge on any atom is 0.0409 e. The van der Waals surface area contributed by atoms with Crippen LogP contribution in [-0.2, 0) is 0 Å². The van der Waals surface area contributed by atoms with E-state index in [1.807, 2.05) is 6.07 Å². The zero-order chi connectivity index (χ0) is 16.7. The van der Waals surface area contributed by atoms with Gasteiger partial charge in [-0.15, -0.1) is 12.4 Å². The quantitative estimate of drug-likeness (QED) is 0.790. The van der Waals surface area contributed by atoms with E-state index in [-0.39, 0.29) is 17.9 Å². The van der Waals surface area contributed by atoms with Crippen LogP contribution in [0.15, 0.2) is 48.5 Å². The Labute approximate surface area is 162 Å². The molecule has 1 aliphatic heterocycles. The summed E-state index contributed by atoms with van der Waals surface area (Å²) in [4.78, 5) is 2.65. The monoisotopic (exact) mass is 376 g/mol. The van der Waals surface area contributed by atoms with Gasteiger partial charge in [-0.2, -0.15) is 0 Å². The molecule has 0 amide bonds. The van der Waals surface area contributed by atoms with Crippen molar-refractivity contribution in [2.45, 2.75) is 37.8 Å². The molecular formula is C21H26Cl2N2. The summed E-state index contributed by atoms with van der Waals surface area (Å²) in [6.07, 6.45) is 1.15. The second kappa shape index (κ2) is 7.28. The van der Waals surface area contributed by atoms with Crippen LogP contribution in [0.1, 0.15) is 48.9 Å². The molecule has 4 heteroatoms. The van der Waals surface area contributed by atoms with Crippen LogP contribution in [0.5, 0.6) is 0 Å². The zero-order valence-electron chi connectivity index (χ0n) is 14.8. The third-order valence-corrected chi connectivity index (χ3v) is 5.72. The summed E-state index contributed by atoms with van der Waals surface area (Å²) < 4.78 is 0. The van der Waals surface area contributed by atoms with Crippen LogP contribution >= 0.6 is 24.0 Å². The van der Waals surface area contributed by atoms with E-state index in [1.54, 1.807) is 0 Å². The highest BCUT2D eigenvalue weighted by Crippen LogP contribution is 2.47. The predicted molar refractivity (Wildman–Crippen MR) is 108 cm³/mol. The topological polar surface area (TPSA) is 15.3 Å². The molecule has 2 aromatic rings. The fourth-order valence-electron chi connectivity index (χ4n) is 4.42. The maximum atomic E-state index is 6.35. The van der Waals surface area contributed by atoms with E-state index in [1.165, 1.54) is 16.7 Å². The molecule has 0 saturated carbocycles. The summed E-state index contributed by atoms with van der Waals surface area (Å²) in [6, 6.07) is 17.8. The van der Waals surface area contributed by atoms with Crippen molar-refractivity contribution in [2.24, 2.45) is 0 Å². The highest BCUT2D eigenvalue weighted by molar-refractivity contribution is 6.30. The molecule has 134 valence electrons. The van der Waals surface area contributed by atoms with Crippen LogP contribution in [0.3, 0.4) is 0 Å². The van der Waals surface area contributed by atoms with E-state index in [0.29, 0.717) is 12.0 Å². The average molecular weight is 377 g/mol. The fraction of sp³-hybridized carbons (Fsp3) is 0.429. The number of rotatable bonds is 2. The van der Waals surface area contributed by atoms with Gasteiger partial charge in [0.05, 0.1) is 0 Å². The van der Waals surface area contributed by atoms with Crippen molar-refractivity contribution < 1.29 is 0 Å². The average Bonchev–Trinajstić information content (AvgIpc) is 2.93. The van der Waals surface area contributed by atoms with Gasteiger partial charge in [0, 0.05) is 42.2 Å². The largest absolute Gasteiger partial charge is 0.309 e. The van der Waals surface area contributed by atoms with Gasteiger partial charge in [-0.1, -0.05) is 48.0 Å². The molecule has 1 N–H and O–H groups in total. The van der Waals surface area contributed by atoms with Gasteiger partial charge in [-0.3, -0.25) is 4.90 Å². The Balaban J connectivity index is 0.00000182. The van der Waals surface area contributed by atoms with Crippen LogP contribution in [-0.4, -0.2) is 30.1 Å². The van der Waals surface area contributed by atoms with E-state index in [9.17, 15) is 0 Å². The molecule has 0 spiro atoms. The molecule has 1 aliphatic carbocycles. The van der Waals surface area contributed by atoms with Crippen molar-refractivity contribution in [3.63, 3.8) is 0 Å². The number of piperazine rings is 1. The Kier molecular flexibility index (Phi) is 5.45. The summed E-state index contributed by atoms with van der Waals surface area (Å²) in [5.41, 5.74) is 4.46. The minimum absolute atomic E-state index is 0. The van der Waals surface area contributed by atoms with Crippen molar-refractivity contribution >= 4 is 24.0 Å². The summed E-state index contributed by atoms with van der Waals surface area (Å²) in [7, 11) is 0. The standard InChI is InChI=1S/C21H25ClN2.ClH/c1-21(2)14-24(11-10-23-21)20-13-18(15-6-4-3-5-7-15)17-9-8-16(22)12-19(17)20;/h3-9,12,18,20,23H,10-11,13-14H2,1-2H3;1H/t18?,20-;/m0./s1. The highest BCUT2D eigenvalue weighted by Gasteiger charge is 2.38. The number of benzene rings is 2. The Hall–Kier alpha value is -1.06. The first-order chi connectivity index (χ1) is 11.5. The molecule has 1 saturated heterocycles. The van der Waals surface area contributed by atoms with Gasteiger partial charge < -0.3 is 5.32 Å². The Morgan fingerprint density at radius 2 is 1.84 bits per heavy atom. The predicted octanol–water partition coefficient (Wildman–Crippen LogP) is 5.02. The molecule has 1 heterocycles. The van der Waals surface area contributed by atoms with Crippen molar-refractivity contribution in [2.75, 3.05) is 19.6 Å². The first kappa shape index (κ1) is 18.7. The molecule has 1 fully saturated rings. The molecule has 2 aromatic carbocycles. The van der Waals surface area contributed by atoms with Crippen LogP contribution < -0.4 is 5.32 Å². The number of nitrogens with one attached hydrogen (secondary N) is 1. The normalized spacial score (nSPS) is 25.2. The van der Waals surface area contributed by atoms with E-state index in [0.717, 1.165) is 31.1 Å². The van der Waals surface area contributed by atoms with Crippen LogP contribution in [0, 0.1) is 0 Å². The van der Waals surface area contributed by atoms with Gasteiger partial charge >= 0.3 is 0 Å². The van der Waals surface area contributed by atoms with E-state index in [4.69, 9.17) is 11.6 Å². The maximum absolute atomic E-state index is 6.35. The number of hydrogen-bond acceptors (Lipinski definition) is 2. The summed E-state index contributed by atoms with van der Waals surface area (Å²) in [5.74, 6) is 0.474. The number of halogens is 2. The number of hydrogen-bond donors (Lipinski definition) is 1. The molecule has 4 rings (SSSR count). The minimum Gasteiger partial charge on any atom is -0.309 e. The lowest BCUT2D eigenvalue weighted by molar-refractivity contribution is 0.107. The number of nitrogens with zero attached hydrogens (tertiary/aromatic N) is 1. The lowest BCUT2D eigenvalue weighted by atomic mass is 9.93. The second-order valence-corrected chi connectivity index (χ2v) is 8.21. The molecule has 2 atom stereocenters. The van der Waals surface area contributed by atoms with Crippen molar-refractivity contribution in [1.29, 1.82) is 0 Å². The Morgan fingerprint density at radius 3 is 2.56 bits per heavy atom. The summed E-state index contributed by atoms with van der Waals surface area (Å²) >= 11 is 6.35. The molecule has 0 bridgehead atoms. The summed E-state index contributed by atoms with van der Waals surface area (Å²) in [5, 5.41) is 4.47. The van der Waals surface area contributed by atoms with Crippen LogP contribution in [0.25, 0.3) is 0 Å². The van der Waals surface area contributed by atoms with E-state index >= 15 is 0 Å². The first-order valence-corrected chi connectivity index (χ1v) is 9.25. The first-order valence-electron chi connectivity index (χ1n) is 8.87. The smallest absolute Gasteiger partial charge is 0.0409 e. The van der Waals surface area contributed by atoms with Gasteiger partial charge in [0.15, 0.2) is 0 Å². The van der Waals surface area contributed by atoms with E-state index in [2.05, 4.69) is 66.5 Å². The third kappa shape index (κ3) is 3.73. The lowest BCUT2D eigenvalue weighted by Crippen LogP contribution is -2.57. The molecule has 25 heavy (non-hydrogen) atoms. The van der Waals surface area contributed by atoms with Gasteiger partial charge in [-0.25, -0.2) is 0 Å². The van der Waals surface area contributed by atoms with Crippen LogP contribution in [0.2, 0.25) is 5.02 Å². The van der Waals surface area contributed by atoms with Crippen molar-refractivity contribution in [1.82, 2.24) is 10.2 Å². The second-order valence-electron chi connectivity index (χ2n) is 7.77. The van der Waals surface area contributed by atoms with Crippen molar-refractivity contribution in [3.8, 4) is 0 Å². The third-order valence-electron chi connectivity index (χ3n) is 5.49. The molecule has 2 nitrogen and oxygen atoms in total. The number of fused-ring (bicyclic) bond motifs is 1. The van der Waals surface area contributed by atoms with Crippen LogP contribution in [0.4, 0.5) is 0 Å². The molecular weight excluding hydrogens is 351 g/mol. The Morgan fingerprint density at radius 1 is 1.08 bits per heavy atom. The van der Waals surface area contributed by atoms with Gasteiger partial charge in [-0.05, 0) is 49.1 Å². The molecule has 2 aliphatic rings. The van der Waals surface area contributed by atoms with Gasteiger partial charge in [0.2, 0.25) is 0 Å². The molecule has 0 radical (unpaired) electrons. The van der Waals surface area contributed by atoms with E-state index < -0.39 is 0 Å². The van der Waals surface area contributed by atoms with Gasteiger partial charge in [0.1, 0.15) is 0 Å². The highest BCUT2D eigenvalue weighted by atomic mass is 35.5. The SMILES string of the molecule is CC1(C)CN([C@H]2CC(c3ccccc3)c3ccc(Cl)cc32)CCN1.Cl. The zero-order valence-corrected chi connectivity index (χ0v) is 16.4. The molecule has 0 aromatic heterocycles.